The van der Waals surface area contributed by atoms with Gasteiger partial charge < -0.3 is 4.74 Å². The second-order valence-electron chi connectivity index (χ2n) is 5.07. The Hall–Kier alpha value is -2.28. The minimum atomic E-state index is -4.04. The van der Waals surface area contributed by atoms with Crippen LogP contribution in [0, 0.1) is 0 Å². The minimum Gasteiger partial charge on any atom is -0.414 e. The molecular formula is C15H12N2O6S4. The molecule has 8 nitrogen and oxygen atoms in total. The molecule has 0 fully saturated rings. The van der Waals surface area contributed by atoms with Crippen LogP contribution in [0.3, 0.4) is 0 Å². The van der Waals surface area contributed by atoms with Crippen molar-refractivity contribution < 1.29 is 26.4 Å². The quantitative estimate of drug-likeness (QED) is 0.581. The zero-order valence-electron chi connectivity index (χ0n) is 13.6. The number of carbonyl (C=O) groups excluding carboxylic acids is 1. The molecule has 27 heavy (non-hydrogen) atoms. The van der Waals surface area contributed by atoms with Gasteiger partial charge in [-0.3, -0.25) is 9.52 Å². The molecule has 0 radical (unpaired) electrons. The first kappa shape index (κ1) is 19.5. The molecule has 0 unspecified atom stereocenters. The number of esters is 1. The number of thiophene rings is 1. The van der Waals surface area contributed by atoms with Crippen LogP contribution in [0.25, 0.3) is 0 Å². The van der Waals surface area contributed by atoms with E-state index in [1.165, 1.54) is 37.4 Å². The summed E-state index contributed by atoms with van der Waals surface area (Å²) >= 11 is 1.47. The fraction of sp³-hybridized carbons (Fsp3) is 0.0667. The van der Waals surface area contributed by atoms with Crippen LogP contribution in [0.4, 0.5) is 5.13 Å². The molecule has 2 aromatic heterocycles. The van der Waals surface area contributed by atoms with Gasteiger partial charge in [0.2, 0.25) is 14.9 Å². The Morgan fingerprint density at radius 3 is 2.33 bits per heavy atom. The summed E-state index contributed by atoms with van der Waals surface area (Å²) < 4.78 is 56.9. The summed E-state index contributed by atoms with van der Waals surface area (Å²) in [6.45, 7) is 1.21. The topological polar surface area (TPSA) is 119 Å². The number of carbonyl (C=O) groups is 1. The molecule has 0 amide bonds. The number of nitrogens with one attached hydrogen (secondary N) is 1. The highest BCUT2D eigenvalue weighted by molar-refractivity contribution is 7.96. The molecule has 0 aliphatic carbocycles. The van der Waals surface area contributed by atoms with E-state index >= 15 is 0 Å². The van der Waals surface area contributed by atoms with E-state index in [-0.39, 0.29) is 23.5 Å². The number of ether oxygens (including phenoxy) is 1. The third-order valence-electron chi connectivity index (χ3n) is 3.09. The average molecular weight is 445 g/mol. The maximum atomic E-state index is 12.6. The molecule has 0 atom stereocenters. The van der Waals surface area contributed by atoms with Gasteiger partial charge >= 0.3 is 5.97 Å². The van der Waals surface area contributed by atoms with Crippen molar-refractivity contribution in [1.29, 1.82) is 0 Å². The van der Waals surface area contributed by atoms with Gasteiger partial charge in [0.25, 0.3) is 10.0 Å². The molecule has 142 valence electrons. The molecule has 0 aliphatic rings. The van der Waals surface area contributed by atoms with Gasteiger partial charge in [-0.15, -0.1) is 11.3 Å². The molecule has 3 rings (SSSR count). The van der Waals surface area contributed by atoms with E-state index in [0.29, 0.717) is 11.3 Å². The molecule has 0 saturated heterocycles. The number of benzene rings is 1. The number of thiazole rings is 1. The Kier molecular flexibility index (Phi) is 5.33. The number of hydrogen-bond acceptors (Lipinski definition) is 9. The lowest BCUT2D eigenvalue weighted by molar-refractivity contribution is -0.131. The Morgan fingerprint density at radius 2 is 1.67 bits per heavy atom. The highest BCUT2D eigenvalue weighted by Crippen LogP contribution is 2.32. The largest absolute Gasteiger partial charge is 0.414 e. The molecule has 0 bridgehead atoms. The average Bonchev–Trinajstić information content (AvgIpc) is 3.25. The number of sulfone groups is 1. The number of sulfonamides is 1. The van der Waals surface area contributed by atoms with E-state index < -0.39 is 25.8 Å². The summed E-state index contributed by atoms with van der Waals surface area (Å²) in [5.74, 6) is -0.554. The van der Waals surface area contributed by atoms with Crippen LogP contribution in [0.2, 0.25) is 0 Å². The van der Waals surface area contributed by atoms with Crippen molar-refractivity contribution in [2.24, 2.45) is 0 Å². The van der Waals surface area contributed by atoms with Crippen LogP contribution < -0.4 is 9.46 Å². The van der Waals surface area contributed by atoms with Crippen LogP contribution in [-0.4, -0.2) is 27.8 Å². The molecule has 1 aromatic carbocycles. The van der Waals surface area contributed by atoms with Gasteiger partial charge in [0, 0.05) is 6.92 Å². The van der Waals surface area contributed by atoms with Crippen molar-refractivity contribution in [2.45, 2.75) is 20.2 Å². The van der Waals surface area contributed by atoms with Gasteiger partial charge in [0.15, 0.2) is 5.13 Å². The summed E-state index contributed by atoms with van der Waals surface area (Å²) in [5.41, 5.74) is 0. The first-order chi connectivity index (χ1) is 12.7. The lowest BCUT2D eigenvalue weighted by Gasteiger charge is -2.02. The number of hydrogen-bond donors (Lipinski definition) is 1. The first-order valence-corrected chi connectivity index (χ1v) is 11.9. The van der Waals surface area contributed by atoms with E-state index in [1.54, 1.807) is 18.2 Å². The fourth-order valence-corrected chi connectivity index (χ4v) is 7.11. The first-order valence-electron chi connectivity index (χ1n) is 7.25. The molecule has 0 spiro atoms. The van der Waals surface area contributed by atoms with Crippen molar-refractivity contribution in [3.05, 3.63) is 48.7 Å². The van der Waals surface area contributed by atoms with Crippen LogP contribution in [0.5, 0.6) is 5.06 Å². The van der Waals surface area contributed by atoms with Gasteiger partial charge in [0.05, 0.1) is 11.1 Å². The second kappa shape index (κ2) is 7.38. The van der Waals surface area contributed by atoms with Crippen molar-refractivity contribution >= 4 is 53.6 Å². The van der Waals surface area contributed by atoms with E-state index in [4.69, 9.17) is 4.74 Å². The Morgan fingerprint density at radius 1 is 1.00 bits per heavy atom. The van der Waals surface area contributed by atoms with Crippen LogP contribution in [0.1, 0.15) is 6.92 Å². The summed E-state index contributed by atoms with van der Waals surface area (Å²) in [4.78, 5) is 14.8. The van der Waals surface area contributed by atoms with Crippen molar-refractivity contribution in [2.75, 3.05) is 4.72 Å². The van der Waals surface area contributed by atoms with E-state index in [0.717, 1.165) is 11.3 Å². The minimum absolute atomic E-state index is 0.00730. The maximum absolute atomic E-state index is 12.6. The van der Waals surface area contributed by atoms with Crippen molar-refractivity contribution in [1.82, 2.24) is 4.98 Å². The predicted octanol–water partition coefficient (Wildman–Crippen LogP) is 2.76. The lowest BCUT2D eigenvalue weighted by Crippen LogP contribution is -2.11. The molecule has 12 heteroatoms. The molecule has 0 saturated carbocycles. The SMILES string of the molecule is CC(=O)Oc1cnc(NS(=O)(=O)c2ccc(S(=O)(=O)c3ccccc3)s2)s1. The number of rotatable bonds is 6. The van der Waals surface area contributed by atoms with Crippen molar-refractivity contribution in [3.8, 4) is 5.06 Å². The van der Waals surface area contributed by atoms with Crippen LogP contribution >= 0.6 is 22.7 Å². The maximum Gasteiger partial charge on any atom is 0.308 e. The Balaban J connectivity index is 1.85. The standard InChI is InChI=1S/C15H12N2O6S4/c1-10(18)23-12-9-16-15(24-12)17-27(21,22)14-8-7-13(25-14)26(19,20)11-5-3-2-4-6-11/h2-9H,1H3,(H,16,17). The smallest absolute Gasteiger partial charge is 0.308 e. The third kappa shape index (κ3) is 4.35. The Labute approximate surface area is 163 Å². The van der Waals surface area contributed by atoms with Gasteiger partial charge in [-0.1, -0.05) is 29.5 Å². The van der Waals surface area contributed by atoms with Crippen LogP contribution in [-0.2, 0) is 24.7 Å². The summed E-state index contributed by atoms with van der Waals surface area (Å²) in [6, 6.07) is 10.2. The van der Waals surface area contributed by atoms with Gasteiger partial charge in [-0.2, -0.15) is 0 Å². The summed E-state index contributed by atoms with van der Waals surface area (Å²) in [5, 5.41) is 0.130. The highest BCUT2D eigenvalue weighted by atomic mass is 32.3. The molecular weight excluding hydrogens is 432 g/mol. The van der Waals surface area contributed by atoms with E-state index in [1.807, 2.05) is 0 Å². The third-order valence-corrected chi connectivity index (χ3v) is 9.19. The molecule has 0 aliphatic heterocycles. The second-order valence-corrected chi connectivity index (χ2v) is 11.2. The summed E-state index contributed by atoms with van der Waals surface area (Å²) in [6.07, 6.45) is 1.21. The number of aromatic nitrogens is 1. The molecule has 1 N–H and O–H groups in total. The zero-order chi connectivity index (χ0) is 19.7. The number of anilines is 1. The number of nitrogens with zero attached hydrogens (tertiary/aromatic N) is 1. The van der Waals surface area contributed by atoms with Gasteiger partial charge in [0.1, 0.15) is 8.42 Å². The predicted molar refractivity (Wildman–Crippen MR) is 100 cm³/mol. The van der Waals surface area contributed by atoms with Crippen molar-refractivity contribution in [3.63, 3.8) is 0 Å². The van der Waals surface area contributed by atoms with Gasteiger partial charge in [-0.05, 0) is 24.3 Å². The lowest BCUT2D eigenvalue weighted by atomic mass is 10.4. The summed E-state index contributed by atoms with van der Waals surface area (Å²) in [7, 11) is -7.84. The van der Waals surface area contributed by atoms with E-state index in [2.05, 4.69) is 9.71 Å². The Bertz CT molecular complexity index is 1180. The normalized spacial score (nSPS) is 11.9. The van der Waals surface area contributed by atoms with E-state index in [9.17, 15) is 21.6 Å². The zero-order valence-corrected chi connectivity index (χ0v) is 16.9. The molecule has 3 aromatic rings. The van der Waals surface area contributed by atoms with Crippen LogP contribution in [0.15, 0.2) is 62.0 Å². The monoisotopic (exact) mass is 444 g/mol. The highest BCUT2D eigenvalue weighted by Gasteiger charge is 2.25. The molecule has 2 heterocycles. The van der Waals surface area contributed by atoms with Gasteiger partial charge in [-0.25, -0.2) is 21.8 Å². The fourth-order valence-electron chi connectivity index (χ4n) is 1.97.